The molecule has 9 aromatic rings. The van der Waals surface area contributed by atoms with Gasteiger partial charge in [0.25, 0.3) is 0 Å². The zero-order chi connectivity index (χ0) is 34.1. The van der Waals surface area contributed by atoms with Crippen LogP contribution < -0.4 is 0 Å². The van der Waals surface area contributed by atoms with E-state index in [-0.39, 0.29) is 0 Å². The van der Waals surface area contributed by atoms with Crippen LogP contribution in [0.1, 0.15) is 5.56 Å². The molecule has 0 spiro atoms. The highest BCUT2D eigenvalue weighted by atomic mass is 15.1. The van der Waals surface area contributed by atoms with Crippen molar-refractivity contribution in [3.8, 4) is 68.3 Å². The van der Waals surface area contributed by atoms with E-state index in [2.05, 4.69) is 76.3 Å². The maximum Gasteiger partial charge on any atom is 0.166 e. The highest BCUT2D eigenvalue weighted by Gasteiger charge is 2.21. The Bertz CT molecular complexity index is 2690. The summed E-state index contributed by atoms with van der Waals surface area (Å²) in [5.41, 5.74) is 10.2. The summed E-state index contributed by atoms with van der Waals surface area (Å²) in [6, 6.07) is 57.4. The maximum atomic E-state index is 9.56. The molecule has 0 amide bonds. The van der Waals surface area contributed by atoms with Gasteiger partial charge in [-0.2, -0.15) is 5.26 Å². The number of nitrogens with zero attached hydrogens (tertiary/aromatic N) is 6. The first-order valence-electron chi connectivity index (χ1n) is 16.7. The molecule has 0 aliphatic rings. The number of hydrogen-bond donors (Lipinski definition) is 0. The van der Waals surface area contributed by atoms with Crippen LogP contribution >= 0.6 is 0 Å². The molecule has 0 saturated carbocycles. The van der Waals surface area contributed by atoms with Gasteiger partial charge in [0.15, 0.2) is 17.5 Å². The summed E-state index contributed by atoms with van der Waals surface area (Å²) in [6.45, 7) is 0. The lowest BCUT2D eigenvalue weighted by Gasteiger charge is -2.16. The van der Waals surface area contributed by atoms with Crippen LogP contribution in [-0.2, 0) is 0 Å². The predicted octanol–water partition coefficient (Wildman–Crippen LogP) is 10.6. The van der Waals surface area contributed by atoms with E-state index < -0.39 is 0 Å². The minimum absolute atomic E-state index is 0.561. The number of para-hydroxylation sites is 1. The number of nitriles is 1. The van der Waals surface area contributed by atoms with E-state index in [1.54, 1.807) is 0 Å². The first-order valence-corrected chi connectivity index (χ1v) is 16.7. The van der Waals surface area contributed by atoms with Crippen molar-refractivity contribution in [2.45, 2.75) is 0 Å². The molecule has 0 atom stereocenters. The van der Waals surface area contributed by atoms with E-state index in [1.165, 1.54) is 0 Å². The van der Waals surface area contributed by atoms with Crippen molar-refractivity contribution in [1.82, 2.24) is 24.5 Å². The molecule has 0 N–H and O–H groups in total. The van der Waals surface area contributed by atoms with Gasteiger partial charge >= 0.3 is 0 Å². The van der Waals surface area contributed by atoms with Gasteiger partial charge < -0.3 is 4.57 Å². The number of rotatable bonds is 6. The number of pyridine rings is 1. The van der Waals surface area contributed by atoms with Crippen molar-refractivity contribution in [3.63, 3.8) is 0 Å². The van der Waals surface area contributed by atoms with E-state index >= 15 is 0 Å². The monoisotopic (exact) mass is 652 g/mol. The zero-order valence-electron chi connectivity index (χ0n) is 27.3. The summed E-state index contributed by atoms with van der Waals surface area (Å²) < 4.78 is 2.30. The summed E-state index contributed by atoms with van der Waals surface area (Å²) in [4.78, 5) is 19.9. The van der Waals surface area contributed by atoms with Crippen LogP contribution in [0, 0.1) is 11.3 Å². The molecule has 9 rings (SSSR count). The highest BCUT2D eigenvalue weighted by molar-refractivity contribution is 6.11. The van der Waals surface area contributed by atoms with Crippen LogP contribution in [0.5, 0.6) is 0 Å². The lowest BCUT2D eigenvalue weighted by molar-refractivity contribution is 1.06. The fraction of sp³-hybridized carbons (Fsp3) is 0. The average Bonchev–Trinajstić information content (AvgIpc) is 3.55. The van der Waals surface area contributed by atoms with Gasteiger partial charge in [0.1, 0.15) is 0 Å². The van der Waals surface area contributed by atoms with Crippen molar-refractivity contribution in [1.29, 1.82) is 5.26 Å². The molecule has 0 fully saturated rings. The average molecular weight is 653 g/mol. The van der Waals surface area contributed by atoms with Gasteiger partial charge in [-0.25, -0.2) is 15.0 Å². The summed E-state index contributed by atoms with van der Waals surface area (Å²) >= 11 is 0. The van der Waals surface area contributed by atoms with Crippen molar-refractivity contribution in [2.75, 3.05) is 0 Å². The largest absolute Gasteiger partial charge is 0.309 e. The van der Waals surface area contributed by atoms with Crippen LogP contribution in [0.4, 0.5) is 0 Å². The van der Waals surface area contributed by atoms with Crippen LogP contribution in [0.2, 0.25) is 0 Å². The Labute approximate surface area is 294 Å². The SMILES string of the molecule is N#Cc1cccc(-c2ccc3c(c2)c2ccccc2n3-c2ccc(-c3ccccn3)cc2-c2nc(-c3ccccc3)nc(-c3ccccc3)n2)c1. The Morgan fingerprint density at radius 2 is 1.08 bits per heavy atom. The first kappa shape index (κ1) is 29.9. The topological polar surface area (TPSA) is 80.3 Å². The van der Waals surface area contributed by atoms with Crippen molar-refractivity contribution in [3.05, 3.63) is 176 Å². The number of benzene rings is 6. The van der Waals surface area contributed by atoms with Gasteiger partial charge in [0.2, 0.25) is 0 Å². The van der Waals surface area contributed by atoms with E-state index in [4.69, 9.17) is 15.0 Å². The Kier molecular flexibility index (Phi) is 7.42. The molecule has 6 aromatic carbocycles. The molecule has 0 aliphatic heterocycles. The Hall–Kier alpha value is -7.23. The Balaban J connectivity index is 1.33. The lowest BCUT2D eigenvalue weighted by atomic mass is 10.0. The third-order valence-corrected chi connectivity index (χ3v) is 9.14. The summed E-state index contributed by atoms with van der Waals surface area (Å²) in [5.74, 6) is 1.76. The second-order valence-electron chi connectivity index (χ2n) is 12.3. The molecule has 0 aliphatic carbocycles. The van der Waals surface area contributed by atoms with E-state index in [0.29, 0.717) is 23.0 Å². The van der Waals surface area contributed by atoms with E-state index in [0.717, 1.165) is 66.6 Å². The van der Waals surface area contributed by atoms with Gasteiger partial charge in [-0.15, -0.1) is 0 Å². The van der Waals surface area contributed by atoms with E-state index in [1.807, 2.05) is 109 Å². The zero-order valence-corrected chi connectivity index (χ0v) is 27.3. The molecule has 0 bridgehead atoms. The molecule has 6 nitrogen and oxygen atoms in total. The van der Waals surface area contributed by atoms with Crippen molar-refractivity contribution < 1.29 is 0 Å². The normalized spacial score (nSPS) is 11.1. The Morgan fingerprint density at radius 1 is 0.451 bits per heavy atom. The Morgan fingerprint density at radius 3 is 1.80 bits per heavy atom. The molecule has 6 heteroatoms. The number of fused-ring (bicyclic) bond motifs is 3. The second kappa shape index (κ2) is 12.7. The fourth-order valence-electron chi connectivity index (χ4n) is 6.71. The number of hydrogen-bond acceptors (Lipinski definition) is 5. The summed E-state index contributed by atoms with van der Waals surface area (Å²) in [5, 5.41) is 11.8. The van der Waals surface area contributed by atoms with Crippen LogP contribution in [-0.4, -0.2) is 24.5 Å². The van der Waals surface area contributed by atoms with Crippen molar-refractivity contribution in [2.24, 2.45) is 0 Å². The molecule has 0 saturated heterocycles. The summed E-state index contributed by atoms with van der Waals surface area (Å²) in [6.07, 6.45) is 1.81. The highest BCUT2D eigenvalue weighted by Crippen LogP contribution is 2.39. The third-order valence-electron chi connectivity index (χ3n) is 9.14. The molecule has 238 valence electrons. The van der Waals surface area contributed by atoms with Crippen LogP contribution in [0.25, 0.3) is 84.0 Å². The molecule has 51 heavy (non-hydrogen) atoms. The molecule has 3 heterocycles. The maximum absolute atomic E-state index is 9.56. The first-order chi connectivity index (χ1) is 25.2. The standard InChI is InChI=1S/C45H28N6/c46-29-30-12-11-17-33(26-30)34-21-23-41-37(27-34)36-18-7-8-20-40(36)51(41)42-24-22-35(39-19-9-10-25-47-39)28-38(42)45-49-43(31-13-3-1-4-14-31)48-44(50-45)32-15-5-2-6-16-32/h1-28H. The lowest BCUT2D eigenvalue weighted by Crippen LogP contribution is -2.04. The van der Waals surface area contributed by atoms with Gasteiger partial charge in [-0.05, 0) is 65.7 Å². The molecule has 0 unspecified atom stereocenters. The van der Waals surface area contributed by atoms with Gasteiger partial charge in [0.05, 0.1) is 34.0 Å². The quantitative estimate of drug-likeness (QED) is 0.179. The third kappa shape index (κ3) is 5.49. The van der Waals surface area contributed by atoms with Crippen LogP contribution in [0.15, 0.2) is 170 Å². The molecular formula is C45H28N6. The minimum atomic E-state index is 0.561. The van der Waals surface area contributed by atoms with Gasteiger partial charge in [-0.3, -0.25) is 4.98 Å². The fourth-order valence-corrected chi connectivity index (χ4v) is 6.71. The van der Waals surface area contributed by atoms with Gasteiger partial charge in [-0.1, -0.05) is 109 Å². The minimum Gasteiger partial charge on any atom is -0.309 e. The number of aromatic nitrogens is 5. The van der Waals surface area contributed by atoms with Crippen LogP contribution in [0.3, 0.4) is 0 Å². The second-order valence-corrected chi connectivity index (χ2v) is 12.3. The van der Waals surface area contributed by atoms with Gasteiger partial charge in [0, 0.05) is 39.2 Å². The molecule has 0 radical (unpaired) electrons. The van der Waals surface area contributed by atoms with E-state index in [9.17, 15) is 5.26 Å². The summed E-state index contributed by atoms with van der Waals surface area (Å²) in [7, 11) is 0. The smallest absolute Gasteiger partial charge is 0.166 e. The predicted molar refractivity (Wildman–Crippen MR) is 204 cm³/mol. The van der Waals surface area contributed by atoms with Crippen molar-refractivity contribution >= 4 is 21.8 Å². The molecule has 3 aromatic heterocycles. The molecular weight excluding hydrogens is 625 g/mol.